The summed E-state index contributed by atoms with van der Waals surface area (Å²) in [5, 5.41) is 12.9. The van der Waals surface area contributed by atoms with Gasteiger partial charge in [0, 0.05) is 25.8 Å². The Bertz CT molecular complexity index is 1720. The van der Waals surface area contributed by atoms with Gasteiger partial charge in [-0.05, 0) is 76.4 Å². The van der Waals surface area contributed by atoms with Crippen molar-refractivity contribution in [2.45, 2.75) is 70.2 Å². The number of rotatable bonds is 12. The van der Waals surface area contributed by atoms with Crippen molar-refractivity contribution in [2.75, 3.05) is 7.11 Å². The smallest absolute Gasteiger partial charge is 0.326 e. The zero-order valence-corrected chi connectivity index (χ0v) is 27.3. The summed E-state index contributed by atoms with van der Waals surface area (Å²) in [6.07, 6.45) is 5.08. The summed E-state index contributed by atoms with van der Waals surface area (Å²) in [6.45, 7) is 0.640. The molecule has 0 spiro atoms. The van der Waals surface area contributed by atoms with Gasteiger partial charge in [0.05, 0.1) is 7.11 Å². The van der Waals surface area contributed by atoms with Gasteiger partial charge in [0.15, 0.2) is 0 Å². The van der Waals surface area contributed by atoms with E-state index in [9.17, 15) is 19.5 Å². The predicted octanol–water partition coefficient (Wildman–Crippen LogP) is 6.59. The molecule has 1 aliphatic carbocycles. The van der Waals surface area contributed by atoms with E-state index in [4.69, 9.17) is 9.47 Å². The number of carboxylic acids is 1. The van der Waals surface area contributed by atoms with E-state index in [0.29, 0.717) is 31.1 Å². The van der Waals surface area contributed by atoms with E-state index >= 15 is 0 Å². The van der Waals surface area contributed by atoms with Crippen molar-refractivity contribution in [3.63, 3.8) is 0 Å². The van der Waals surface area contributed by atoms with Gasteiger partial charge in [-0.3, -0.25) is 9.59 Å². The van der Waals surface area contributed by atoms with Gasteiger partial charge in [-0.25, -0.2) is 4.79 Å². The summed E-state index contributed by atoms with van der Waals surface area (Å²) in [5.41, 5.74) is 5.77. The van der Waals surface area contributed by atoms with Gasteiger partial charge in [-0.2, -0.15) is 0 Å². The lowest BCUT2D eigenvalue weighted by atomic mass is 9.91. The minimum absolute atomic E-state index is 0.0689. The zero-order valence-electron chi connectivity index (χ0n) is 27.3. The van der Waals surface area contributed by atoms with Crippen LogP contribution >= 0.6 is 0 Å². The van der Waals surface area contributed by atoms with E-state index in [1.165, 1.54) is 0 Å². The molecule has 2 aliphatic rings. The Morgan fingerprint density at radius 2 is 1.50 bits per heavy atom. The summed E-state index contributed by atoms with van der Waals surface area (Å²) in [7, 11) is 1.63. The van der Waals surface area contributed by atoms with Crippen molar-refractivity contribution < 1.29 is 29.0 Å². The number of benzene rings is 4. The Hall–Kier alpha value is -5.11. The van der Waals surface area contributed by atoms with Gasteiger partial charge >= 0.3 is 5.97 Å². The number of carbonyl (C=O) groups excluding carboxylic acids is 2. The number of hydrogen-bond acceptors (Lipinski definition) is 5. The van der Waals surface area contributed by atoms with Crippen LogP contribution in [0, 0.1) is 5.92 Å². The number of carboxylic acid groups (broad SMARTS) is 1. The standard InChI is InChI=1S/C40H42N2O6/c1-47-34-18-13-29(14-19-34)26-48-35-20-17-32-24-37(42(25-33(32)23-35)38(43)22-27-7-5-6-8-27)39(44)41-36(40(45)46)21-28-11-15-31(16-12-28)30-9-3-2-4-10-30/h2-4,9-20,23,27,36-37H,5-8,21-22,24-26H2,1H3,(H,41,44)(H,45,46)/t36-,37?/m0/s1. The highest BCUT2D eigenvalue weighted by atomic mass is 16.5. The molecule has 248 valence electrons. The van der Waals surface area contributed by atoms with E-state index in [0.717, 1.165) is 64.8 Å². The van der Waals surface area contributed by atoms with E-state index in [-0.39, 0.29) is 18.9 Å². The van der Waals surface area contributed by atoms with Crippen molar-refractivity contribution in [1.29, 1.82) is 0 Å². The Kier molecular flexibility index (Phi) is 10.4. The Balaban J connectivity index is 1.17. The Morgan fingerprint density at radius 1 is 0.833 bits per heavy atom. The number of methoxy groups -OCH3 is 1. The van der Waals surface area contributed by atoms with Crippen molar-refractivity contribution in [2.24, 2.45) is 5.92 Å². The zero-order chi connectivity index (χ0) is 33.5. The molecule has 48 heavy (non-hydrogen) atoms. The number of carbonyl (C=O) groups is 3. The molecule has 1 heterocycles. The largest absolute Gasteiger partial charge is 0.497 e. The third-order valence-electron chi connectivity index (χ3n) is 9.55. The van der Waals surface area contributed by atoms with Crippen LogP contribution in [-0.2, 0) is 40.4 Å². The van der Waals surface area contributed by atoms with Crippen molar-refractivity contribution in [3.8, 4) is 22.6 Å². The average Bonchev–Trinajstić information content (AvgIpc) is 3.63. The molecule has 8 nitrogen and oxygen atoms in total. The van der Waals surface area contributed by atoms with Crippen molar-refractivity contribution >= 4 is 17.8 Å². The van der Waals surface area contributed by atoms with Crippen LogP contribution in [0.25, 0.3) is 11.1 Å². The van der Waals surface area contributed by atoms with Crippen LogP contribution in [0.15, 0.2) is 97.1 Å². The quantitative estimate of drug-likeness (QED) is 0.180. The minimum Gasteiger partial charge on any atom is -0.497 e. The molecule has 0 bridgehead atoms. The van der Waals surface area contributed by atoms with Crippen LogP contribution in [0.2, 0.25) is 0 Å². The summed E-state index contributed by atoms with van der Waals surface area (Å²) >= 11 is 0. The van der Waals surface area contributed by atoms with E-state index < -0.39 is 24.0 Å². The van der Waals surface area contributed by atoms with Gasteiger partial charge in [0.2, 0.25) is 11.8 Å². The minimum atomic E-state index is -1.14. The number of ether oxygens (including phenoxy) is 2. The van der Waals surface area contributed by atoms with Crippen molar-refractivity contribution in [3.05, 3.63) is 119 Å². The predicted molar refractivity (Wildman–Crippen MR) is 184 cm³/mol. The summed E-state index contributed by atoms with van der Waals surface area (Å²) in [5.74, 6) is 0.135. The van der Waals surface area contributed by atoms with Gasteiger partial charge < -0.3 is 24.8 Å². The fraction of sp³-hybridized carbons (Fsp3) is 0.325. The third kappa shape index (κ3) is 8.05. The molecule has 1 fully saturated rings. The normalized spacial score (nSPS) is 16.5. The third-order valence-corrected chi connectivity index (χ3v) is 9.55. The summed E-state index contributed by atoms with van der Waals surface area (Å²) < 4.78 is 11.3. The van der Waals surface area contributed by atoms with Crippen LogP contribution in [0.5, 0.6) is 11.5 Å². The molecule has 2 atom stereocenters. The second-order valence-corrected chi connectivity index (χ2v) is 12.8. The van der Waals surface area contributed by atoms with Crippen molar-refractivity contribution in [1.82, 2.24) is 10.2 Å². The summed E-state index contributed by atoms with van der Waals surface area (Å²) in [6, 6.07) is 29.2. The first-order chi connectivity index (χ1) is 23.4. The fourth-order valence-corrected chi connectivity index (χ4v) is 6.78. The first-order valence-electron chi connectivity index (χ1n) is 16.7. The molecule has 4 aromatic carbocycles. The van der Waals surface area contributed by atoms with E-state index in [2.05, 4.69) is 5.32 Å². The average molecular weight is 647 g/mol. The molecule has 2 amide bonds. The summed E-state index contributed by atoms with van der Waals surface area (Å²) in [4.78, 5) is 41.7. The molecule has 1 unspecified atom stereocenters. The number of amides is 2. The van der Waals surface area contributed by atoms with Gasteiger partial charge in [0.1, 0.15) is 30.2 Å². The van der Waals surface area contributed by atoms with Gasteiger partial charge in [-0.1, -0.05) is 85.6 Å². The van der Waals surface area contributed by atoms with E-state index in [1.54, 1.807) is 12.0 Å². The first kappa shape index (κ1) is 32.8. The first-order valence-corrected chi connectivity index (χ1v) is 16.7. The molecule has 0 aromatic heterocycles. The second-order valence-electron chi connectivity index (χ2n) is 12.8. The lowest BCUT2D eigenvalue weighted by Crippen LogP contribution is -2.56. The topological polar surface area (TPSA) is 105 Å². The molecule has 2 N–H and O–H groups in total. The van der Waals surface area contributed by atoms with Crippen LogP contribution in [0.3, 0.4) is 0 Å². The monoisotopic (exact) mass is 646 g/mol. The second kappa shape index (κ2) is 15.2. The Morgan fingerprint density at radius 3 is 2.19 bits per heavy atom. The molecule has 6 rings (SSSR count). The maximum atomic E-state index is 13.9. The SMILES string of the molecule is COc1ccc(COc2ccc3c(c2)CN(C(=O)CC2CCCC2)C(C(=O)N[C@@H](Cc2ccc(-c4ccccc4)cc2)C(=O)O)C3)cc1. The molecule has 0 saturated heterocycles. The molecular weight excluding hydrogens is 604 g/mol. The number of fused-ring (bicyclic) bond motifs is 1. The van der Waals surface area contributed by atoms with E-state index in [1.807, 2.05) is 97.1 Å². The highest BCUT2D eigenvalue weighted by molar-refractivity contribution is 5.91. The highest BCUT2D eigenvalue weighted by Crippen LogP contribution is 2.32. The van der Waals surface area contributed by atoms with Crippen LogP contribution < -0.4 is 14.8 Å². The van der Waals surface area contributed by atoms with Crippen LogP contribution in [0.1, 0.15) is 54.4 Å². The van der Waals surface area contributed by atoms with Gasteiger partial charge in [-0.15, -0.1) is 0 Å². The maximum Gasteiger partial charge on any atom is 0.326 e. The maximum absolute atomic E-state index is 13.9. The molecule has 1 aliphatic heterocycles. The molecule has 0 radical (unpaired) electrons. The lowest BCUT2D eigenvalue weighted by molar-refractivity contribution is -0.145. The number of hydrogen-bond donors (Lipinski definition) is 2. The number of nitrogens with one attached hydrogen (secondary N) is 1. The number of nitrogens with zero attached hydrogens (tertiary/aromatic N) is 1. The van der Waals surface area contributed by atoms with Crippen LogP contribution in [-0.4, -0.2) is 47.0 Å². The molecule has 4 aromatic rings. The highest BCUT2D eigenvalue weighted by Gasteiger charge is 2.37. The molecule has 8 heteroatoms. The lowest BCUT2D eigenvalue weighted by Gasteiger charge is -2.37. The fourth-order valence-electron chi connectivity index (χ4n) is 6.78. The van der Waals surface area contributed by atoms with Crippen LogP contribution in [0.4, 0.5) is 0 Å². The molecule has 1 saturated carbocycles. The van der Waals surface area contributed by atoms with Gasteiger partial charge in [0.25, 0.3) is 0 Å². The number of aliphatic carboxylic acids is 1. The molecular formula is C40H42N2O6. The Labute approximate surface area is 281 Å².